The van der Waals surface area contributed by atoms with E-state index in [0.717, 1.165) is 65.8 Å². The van der Waals surface area contributed by atoms with Crippen molar-refractivity contribution in [1.29, 1.82) is 0 Å². The van der Waals surface area contributed by atoms with Crippen LogP contribution in [0.4, 0.5) is 8.78 Å². The van der Waals surface area contributed by atoms with Gasteiger partial charge in [0.2, 0.25) is 0 Å². The van der Waals surface area contributed by atoms with Crippen LogP contribution in [0.2, 0.25) is 0 Å². The molecule has 1 aliphatic carbocycles. The number of nitrogens with zero attached hydrogens (tertiary/aromatic N) is 1. The highest BCUT2D eigenvalue weighted by molar-refractivity contribution is 7.98. The van der Waals surface area contributed by atoms with Crippen molar-refractivity contribution in [2.75, 3.05) is 20.4 Å². The molecule has 3 aromatic carbocycles. The van der Waals surface area contributed by atoms with Gasteiger partial charge in [-0.3, -0.25) is 4.79 Å². The van der Waals surface area contributed by atoms with Gasteiger partial charge in [0.05, 0.1) is 16.7 Å². The van der Waals surface area contributed by atoms with Gasteiger partial charge in [0.25, 0.3) is 5.91 Å². The summed E-state index contributed by atoms with van der Waals surface area (Å²) in [5.41, 5.74) is 3.51. The highest BCUT2D eigenvalue weighted by atomic mass is 32.2. The number of thiophene rings is 1. The standard InChI is InChI=1S/C32H34F2N2O2S2/c1-19-29-26(33)14-15-27(34)31(29)40-30(19)32(37)36(24-10-8-23(35-2)9-11-24)18-22-17-21(7-16-28(22)38-3)20-5-12-25(39-4)13-6-20/h5-7,12-17,23-24,35H,8-11,18H2,1-4H3. The van der Waals surface area contributed by atoms with Crippen LogP contribution in [0.25, 0.3) is 21.2 Å². The number of hydrogen-bond donors (Lipinski definition) is 1. The van der Waals surface area contributed by atoms with Gasteiger partial charge in [0, 0.05) is 34.5 Å². The first-order valence-corrected chi connectivity index (χ1v) is 15.5. The van der Waals surface area contributed by atoms with Gasteiger partial charge >= 0.3 is 0 Å². The summed E-state index contributed by atoms with van der Waals surface area (Å²) >= 11 is 2.74. The third-order valence-electron chi connectivity index (χ3n) is 8.02. The van der Waals surface area contributed by atoms with E-state index < -0.39 is 11.6 Å². The third kappa shape index (κ3) is 5.62. The van der Waals surface area contributed by atoms with Gasteiger partial charge < -0.3 is 15.0 Å². The molecule has 0 unspecified atom stereocenters. The van der Waals surface area contributed by atoms with E-state index in [2.05, 4.69) is 41.9 Å². The SMILES string of the molecule is CNC1CCC(N(Cc2cc(-c3ccc(SC)cc3)ccc2OC)C(=O)c2sc3c(F)ccc(F)c3c2C)CC1. The van der Waals surface area contributed by atoms with Crippen molar-refractivity contribution in [2.45, 2.75) is 56.1 Å². The molecule has 1 amide bonds. The number of fused-ring (bicyclic) bond motifs is 1. The normalized spacial score (nSPS) is 17.2. The Balaban J connectivity index is 1.55. The number of aryl methyl sites for hydroxylation is 1. The molecule has 40 heavy (non-hydrogen) atoms. The first kappa shape index (κ1) is 28.6. The Bertz CT molecular complexity index is 1510. The van der Waals surface area contributed by atoms with E-state index in [-0.39, 0.29) is 22.0 Å². The summed E-state index contributed by atoms with van der Waals surface area (Å²) in [6, 6.07) is 17.1. The van der Waals surface area contributed by atoms with Crippen molar-refractivity contribution in [3.63, 3.8) is 0 Å². The number of benzene rings is 3. The minimum absolute atomic E-state index is 0.00521. The summed E-state index contributed by atoms with van der Waals surface area (Å²) in [6.07, 6.45) is 5.67. The van der Waals surface area contributed by atoms with Crippen LogP contribution in [-0.2, 0) is 6.54 Å². The molecule has 0 atom stereocenters. The van der Waals surface area contributed by atoms with E-state index >= 15 is 0 Å². The summed E-state index contributed by atoms with van der Waals surface area (Å²) in [6.45, 7) is 2.05. The van der Waals surface area contributed by atoms with Crippen LogP contribution in [0.15, 0.2) is 59.5 Å². The molecule has 0 spiro atoms. The molecular formula is C32H34F2N2O2S2. The van der Waals surface area contributed by atoms with Crippen molar-refractivity contribution in [1.82, 2.24) is 10.2 Å². The van der Waals surface area contributed by atoms with E-state index in [1.807, 2.05) is 24.1 Å². The predicted molar refractivity (Wildman–Crippen MR) is 162 cm³/mol. The lowest BCUT2D eigenvalue weighted by atomic mass is 9.89. The molecule has 5 rings (SSSR count). The lowest BCUT2D eigenvalue weighted by Gasteiger charge is -2.37. The van der Waals surface area contributed by atoms with Crippen LogP contribution in [0.3, 0.4) is 0 Å². The minimum Gasteiger partial charge on any atom is -0.496 e. The monoisotopic (exact) mass is 580 g/mol. The quantitative estimate of drug-likeness (QED) is 0.214. The average molecular weight is 581 g/mol. The van der Waals surface area contributed by atoms with E-state index in [4.69, 9.17) is 4.74 Å². The van der Waals surface area contributed by atoms with E-state index in [0.29, 0.717) is 28.8 Å². The first-order valence-electron chi connectivity index (χ1n) is 13.5. The van der Waals surface area contributed by atoms with Crippen molar-refractivity contribution >= 4 is 39.1 Å². The summed E-state index contributed by atoms with van der Waals surface area (Å²) in [5, 5.41) is 3.55. The van der Waals surface area contributed by atoms with Gasteiger partial charge in [-0.05, 0) is 99.0 Å². The van der Waals surface area contributed by atoms with E-state index in [1.54, 1.807) is 25.8 Å². The highest BCUT2D eigenvalue weighted by Gasteiger charge is 2.32. The summed E-state index contributed by atoms with van der Waals surface area (Å²) in [7, 11) is 3.61. The molecular weight excluding hydrogens is 546 g/mol. The van der Waals surface area contributed by atoms with Gasteiger partial charge in [-0.1, -0.05) is 18.2 Å². The van der Waals surface area contributed by atoms with Crippen LogP contribution >= 0.6 is 23.1 Å². The molecule has 0 aliphatic heterocycles. The molecule has 0 bridgehead atoms. The second-order valence-corrected chi connectivity index (χ2v) is 12.2. The summed E-state index contributed by atoms with van der Waals surface area (Å²) in [5.74, 6) is -0.503. The maximum atomic E-state index is 14.7. The minimum atomic E-state index is -0.508. The molecule has 1 saturated carbocycles. The largest absolute Gasteiger partial charge is 0.496 e. The Morgan fingerprint density at radius 1 is 1.02 bits per heavy atom. The molecule has 8 heteroatoms. The van der Waals surface area contributed by atoms with Gasteiger partial charge in [-0.15, -0.1) is 23.1 Å². The number of carbonyl (C=O) groups excluding carboxylic acids is 1. The number of carbonyl (C=O) groups is 1. The number of ether oxygens (including phenoxy) is 1. The van der Waals surface area contributed by atoms with Crippen molar-refractivity contribution in [2.24, 2.45) is 0 Å². The maximum absolute atomic E-state index is 14.7. The fourth-order valence-electron chi connectivity index (χ4n) is 5.70. The van der Waals surface area contributed by atoms with Crippen molar-refractivity contribution in [3.05, 3.63) is 82.2 Å². The first-order chi connectivity index (χ1) is 19.3. The van der Waals surface area contributed by atoms with Crippen LogP contribution in [-0.4, -0.2) is 43.3 Å². The fourth-order valence-corrected chi connectivity index (χ4v) is 7.29. The van der Waals surface area contributed by atoms with Crippen LogP contribution in [0.5, 0.6) is 5.75 Å². The van der Waals surface area contributed by atoms with Gasteiger partial charge in [0.1, 0.15) is 17.4 Å². The van der Waals surface area contributed by atoms with Gasteiger partial charge in [-0.2, -0.15) is 0 Å². The average Bonchev–Trinajstić information content (AvgIpc) is 3.35. The maximum Gasteiger partial charge on any atom is 0.264 e. The molecule has 4 aromatic rings. The smallest absolute Gasteiger partial charge is 0.264 e. The Kier molecular flexibility index (Phi) is 8.78. The zero-order valence-corrected chi connectivity index (χ0v) is 24.9. The van der Waals surface area contributed by atoms with Crippen LogP contribution in [0.1, 0.15) is 46.5 Å². The number of hydrogen-bond acceptors (Lipinski definition) is 5. The molecule has 1 aromatic heterocycles. The van der Waals surface area contributed by atoms with Crippen LogP contribution in [0, 0.1) is 18.6 Å². The topological polar surface area (TPSA) is 41.6 Å². The molecule has 1 aliphatic rings. The zero-order valence-electron chi connectivity index (χ0n) is 23.2. The Morgan fingerprint density at radius 3 is 2.33 bits per heavy atom. The number of nitrogens with one attached hydrogen (secondary N) is 1. The Hall–Kier alpha value is -2.94. The van der Waals surface area contributed by atoms with E-state index in [9.17, 15) is 13.6 Å². The number of amides is 1. The molecule has 0 saturated heterocycles. The van der Waals surface area contributed by atoms with Gasteiger partial charge in [-0.25, -0.2) is 8.78 Å². The highest BCUT2D eigenvalue weighted by Crippen LogP contribution is 2.38. The zero-order chi connectivity index (χ0) is 28.4. The Morgan fingerprint density at radius 2 is 1.70 bits per heavy atom. The summed E-state index contributed by atoms with van der Waals surface area (Å²) in [4.78, 5) is 17.8. The van der Waals surface area contributed by atoms with Crippen molar-refractivity contribution < 1.29 is 18.3 Å². The molecule has 4 nitrogen and oxygen atoms in total. The lowest BCUT2D eigenvalue weighted by molar-refractivity contribution is 0.0604. The molecule has 210 valence electrons. The molecule has 1 fully saturated rings. The second-order valence-electron chi connectivity index (χ2n) is 10.3. The van der Waals surface area contributed by atoms with Gasteiger partial charge in [0.15, 0.2) is 0 Å². The fraction of sp³-hybridized carbons (Fsp3) is 0.344. The predicted octanol–water partition coefficient (Wildman–Crippen LogP) is 8.06. The molecule has 1 heterocycles. The summed E-state index contributed by atoms with van der Waals surface area (Å²) < 4.78 is 35.3. The molecule has 0 radical (unpaired) electrons. The Labute approximate surface area is 242 Å². The van der Waals surface area contributed by atoms with E-state index in [1.165, 1.54) is 4.90 Å². The third-order valence-corrected chi connectivity index (χ3v) is 10.1. The number of halogens is 2. The number of methoxy groups -OCH3 is 1. The second kappa shape index (κ2) is 12.3. The van der Waals surface area contributed by atoms with Crippen LogP contribution < -0.4 is 10.1 Å². The molecule has 1 N–H and O–H groups in total. The number of thioether (sulfide) groups is 1. The number of rotatable bonds is 8. The van der Waals surface area contributed by atoms with Crippen molar-refractivity contribution in [3.8, 4) is 16.9 Å². The lowest BCUT2D eigenvalue weighted by Crippen LogP contribution is -2.44.